The van der Waals surface area contributed by atoms with Crippen molar-refractivity contribution < 1.29 is 4.52 Å². The third-order valence-electron chi connectivity index (χ3n) is 2.48. The third-order valence-corrected chi connectivity index (χ3v) is 2.48. The summed E-state index contributed by atoms with van der Waals surface area (Å²) in [7, 11) is 0. The van der Waals surface area contributed by atoms with Gasteiger partial charge in [-0.15, -0.1) is 0 Å². The van der Waals surface area contributed by atoms with Crippen molar-refractivity contribution in [3.63, 3.8) is 0 Å². The summed E-state index contributed by atoms with van der Waals surface area (Å²) in [5.74, 6) is 2.26. The quantitative estimate of drug-likeness (QED) is 0.760. The van der Waals surface area contributed by atoms with Crippen LogP contribution in [0.4, 0.5) is 0 Å². The van der Waals surface area contributed by atoms with Gasteiger partial charge in [0.25, 0.3) is 0 Å². The van der Waals surface area contributed by atoms with E-state index in [1.54, 1.807) is 6.92 Å². The van der Waals surface area contributed by atoms with Gasteiger partial charge in [0.15, 0.2) is 5.82 Å². The second-order valence-corrected chi connectivity index (χ2v) is 3.74. The van der Waals surface area contributed by atoms with Crippen molar-refractivity contribution in [2.24, 2.45) is 5.92 Å². The van der Waals surface area contributed by atoms with Crippen molar-refractivity contribution in [2.75, 3.05) is 0 Å². The Morgan fingerprint density at radius 2 is 2.38 bits per heavy atom. The smallest absolute Gasteiger partial charge is 0.223 e. The lowest BCUT2D eigenvalue weighted by atomic mass is 10.2. The molecule has 1 heterocycles. The Bertz CT molecular complexity index is 280. The summed E-state index contributed by atoms with van der Waals surface area (Å²) in [5, 5.41) is 7.21. The molecule has 1 atom stereocenters. The van der Waals surface area contributed by atoms with Crippen LogP contribution >= 0.6 is 0 Å². The van der Waals surface area contributed by atoms with Crippen LogP contribution in [-0.2, 0) is 6.54 Å². The Labute approximate surface area is 77.7 Å². The molecule has 4 nitrogen and oxygen atoms in total. The predicted molar refractivity (Wildman–Crippen MR) is 48.1 cm³/mol. The van der Waals surface area contributed by atoms with Crippen LogP contribution in [0.3, 0.4) is 0 Å². The van der Waals surface area contributed by atoms with Crippen molar-refractivity contribution >= 4 is 0 Å². The number of hydrogen-bond acceptors (Lipinski definition) is 4. The maximum absolute atomic E-state index is 4.87. The summed E-state index contributed by atoms with van der Waals surface area (Å²) < 4.78 is 4.87. The van der Waals surface area contributed by atoms with Gasteiger partial charge in [0.05, 0.1) is 6.54 Å². The first-order valence-electron chi connectivity index (χ1n) is 4.78. The van der Waals surface area contributed by atoms with Crippen LogP contribution < -0.4 is 5.32 Å². The summed E-state index contributed by atoms with van der Waals surface area (Å²) in [5.41, 5.74) is 0. The van der Waals surface area contributed by atoms with E-state index in [-0.39, 0.29) is 0 Å². The Morgan fingerprint density at radius 1 is 1.62 bits per heavy atom. The fourth-order valence-electron chi connectivity index (χ4n) is 1.43. The van der Waals surface area contributed by atoms with Crippen molar-refractivity contribution in [2.45, 2.75) is 39.3 Å². The molecule has 2 rings (SSSR count). The van der Waals surface area contributed by atoms with Gasteiger partial charge in [-0.3, -0.25) is 0 Å². The largest absolute Gasteiger partial charge is 0.340 e. The van der Waals surface area contributed by atoms with Crippen molar-refractivity contribution in [3.8, 4) is 0 Å². The molecule has 4 heteroatoms. The van der Waals surface area contributed by atoms with E-state index >= 15 is 0 Å². The summed E-state index contributed by atoms with van der Waals surface area (Å²) in [6.07, 6.45) is 2.72. The Hall–Kier alpha value is -0.900. The molecule has 1 fully saturated rings. The lowest BCUT2D eigenvalue weighted by Crippen LogP contribution is -2.27. The van der Waals surface area contributed by atoms with E-state index in [9.17, 15) is 0 Å². The summed E-state index contributed by atoms with van der Waals surface area (Å²) in [6, 6.07) is 0.582. The molecule has 0 aromatic carbocycles. The van der Waals surface area contributed by atoms with Gasteiger partial charge in [-0.2, -0.15) is 4.98 Å². The number of aryl methyl sites for hydroxylation is 1. The zero-order valence-corrected chi connectivity index (χ0v) is 8.08. The summed E-state index contributed by atoms with van der Waals surface area (Å²) in [6.45, 7) is 4.74. The molecule has 0 aliphatic heterocycles. The molecular formula is C9H15N3O. The van der Waals surface area contributed by atoms with E-state index < -0.39 is 0 Å². The molecule has 1 unspecified atom stereocenters. The number of rotatable bonds is 4. The first-order valence-corrected chi connectivity index (χ1v) is 4.78. The second kappa shape index (κ2) is 3.46. The zero-order valence-electron chi connectivity index (χ0n) is 8.08. The summed E-state index contributed by atoms with van der Waals surface area (Å²) in [4.78, 5) is 4.12. The fourth-order valence-corrected chi connectivity index (χ4v) is 1.43. The van der Waals surface area contributed by atoms with Gasteiger partial charge in [0.1, 0.15) is 0 Å². The maximum atomic E-state index is 4.87. The molecule has 72 valence electrons. The standard InChI is InChI=1S/C9H15N3O/c1-6(8-3-4-8)10-5-9-11-7(2)13-12-9/h6,8,10H,3-5H2,1-2H3. The molecule has 1 aromatic rings. The Morgan fingerprint density at radius 3 is 2.92 bits per heavy atom. The molecule has 0 bridgehead atoms. The molecule has 0 radical (unpaired) electrons. The monoisotopic (exact) mass is 181 g/mol. The molecule has 13 heavy (non-hydrogen) atoms. The molecular weight excluding hydrogens is 166 g/mol. The lowest BCUT2D eigenvalue weighted by molar-refractivity contribution is 0.382. The van der Waals surface area contributed by atoms with Crippen molar-refractivity contribution in [1.29, 1.82) is 0 Å². The van der Waals surface area contributed by atoms with Gasteiger partial charge in [-0.05, 0) is 25.7 Å². The lowest BCUT2D eigenvalue weighted by Gasteiger charge is -2.09. The van der Waals surface area contributed by atoms with E-state index in [0.29, 0.717) is 11.9 Å². The number of nitrogens with zero attached hydrogens (tertiary/aromatic N) is 2. The first-order chi connectivity index (χ1) is 6.25. The first kappa shape index (κ1) is 8.69. The zero-order chi connectivity index (χ0) is 9.26. The minimum atomic E-state index is 0.582. The molecule has 0 saturated heterocycles. The molecule has 0 spiro atoms. The van der Waals surface area contributed by atoms with Gasteiger partial charge in [-0.1, -0.05) is 5.16 Å². The minimum absolute atomic E-state index is 0.582. The highest BCUT2D eigenvalue weighted by Crippen LogP contribution is 2.32. The fraction of sp³-hybridized carbons (Fsp3) is 0.778. The van der Waals surface area contributed by atoms with Gasteiger partial charge >= 0.3 is 0 Å². The second-order valence-electron chi connectivity index (χ2n) is 3.74. The number of nitrogens with one attached hydrogen (secondary N) is 1. The third kappa shape index (κ3) is 2.28. The van der Waals surface area contributed by atoms with E-state index in [1.807, 2.05) is 0 Å². The highest BCUT2D eigenvalue weighted by Gasteiger charge is 2.27. The molecule has 1 aliphatic carbocycles. The van der Waals surface area contributed by atoms with Crippen molar-refractivity contribution in [1.82, 2.24) is 15.5 Å². The predicted octanol–water partition coefficient (Wildman–Crippen LogP) is 1.27. The normalized spacial score (nSPS) is 18.9. The SMILES string of the molecule is Cc1nc(CNC(C)C2CC2)no1. The van der Waals surface area contributed by atoms with Crippen molar-refractivity contribution in [3.05, 3.63) is 11.7 Å². The van der Waals surface area contributed by atoms with Crippen LogP contribution in [0.5, 0.6) is 0 Å². The molecule has 1 N–H and O–H groups in total. The van der Waals surface area contributed by atoms with E-state index in [0.717, 1.165) is 18.3 Å². The number of hydrogen-bond donors (Lipinski definition) is 1. The molecule has 1 aromatic heterocycles. The van der Waals surface area contributed by atoms with Gasteiger partial charge in [-0.25, -0.2) is 0 Å². The average molecular weight is 181 g/mol. The molecule has 1 aliphatic rings. The highest BCUT2D eigenvalue weighted by molar-refractivity contribution is 4.87. The van der Waals surface area contributed by atoms with Gasteiger partial charge < -0.3 is 9.84 Å². The van der Waals surface area contributed by atoms with Crippen LogP contribution in [-0.4, -0.2) is 16.2 Å². The molecule has 0 amide bonds. The van der Waals surface area contributed by atoms with Crippen LogP contribution in [0.15, 0.2) is 4.52 Å². The van der Waals surface area contributed by atoms with Crippen LogP contribution in [0.2, 0.25) is 0 Å². The van der Waals surface area contributed by atoms with Crippen LogP contribution in [0.1, 0.15) is 31.5 Å². The van der Waals surface area contributed by atoms with Crippen LogP contribution in [0.25, 0.3) is 0 Å². The topological polar surface area (TPSA) is 51.0 Å². The van der Waals surface area contributed by atoms with E-state index in [2.05, 4.69) is 22.4 Å². The van der Waals surface area contributed by atoms with E-state index in [1.165, 1.54) is 12.8 Å². The Kier molecular flexibility index (Phi) is 2.31. The molecule has 1 saturated carbocycles. The van der Waals surface area contributed by atoms with Crippen LogP contribution in [0, 0.1) is 12.8 Å². The van der Waals surface area contributed by atoms with Gasteiger partial charge in [0.2, 0.25) is 5.89 Å². The highest BCUT2D eigenvalue weighted by atomic mass is 16.5. The Balaban J connectivity index is 1.78. The summed E-state index contributed by atoms with van der Waals surface area (Å²) >= 11 is 0. The maximum Gasteiger partial charge on any atom is 0.223 e. The average Bonchev–Trinajstić information content (AvgIpc) is 2.87. The minimum Gasteiger partial charge on any atom is -0.340 e. The van der Waals surface area contributed by atoms with Gasteiger partial charge in [0, 0.05) is 13.0 Å². The van der Waals surface area contributed by atoms with E-state index in [4.69, 9.17) is 4.52 Å². The number of aromatic nitrogens is 2.